The van der Waals surface area contributed by atoms with Crippen molar-refractivity contribution in [1.29, 1.82) is 0 Å². The summed E-state index contributed by atoms with van der Waals surface area (Å²) in [5, 5.41) is 0. The summed E-state index contributed by atoms with van der Waals surface area (Å²) < 4.78 is 22.6. The molecule has 3 unspecified atom stereocenters. The molecule has 96 valence electrons. The summed E-state index contributed by atoms with van der Waals surface area (Å²) in [6, 6.07) is 0. The molecule has 0 fully saturated rings. The maximum absolute atomic E-state index is 5.48. The third-order valence-corrected chi connectivity index (χ3v) is 3.81. The molecule has 0 aliphatic rings. The predicted octanol–water partition coefficient (Wildman–Crippen LogP) is 1.15. The van der Waals surface area contributed by atoms with Gasteiger partial charge in [-0.25, -0.2) is 0 Å². The first-order chi connectivity index (χ1) is 7.64. The average molecular weight is 402 g/mol. The summed E-state index contributed by atoms with van der Waals surface area (Å²) in [6.07, 6.45) is 1.61. The zero-order valence-corrected chi connectivity index (χ0v) is 13.6. The molecular weight excluding hydrogens is 380 g/mol. The summed E-state index contributed by atoms with van der Waals surface area (Å²) in [4.78, 5) is 0. The van der Waals surface area contributed by atoms with Crippen molar-refractivity contribution in [3.63, 3.8) is 0 Å². The molecule has 5 heteroatoms. The first-order valence-corrected chi connectivity index (χ1v) is 6.76. The van der Waals surface area contributed by atoms with Gasteiger partial charge in [-0.3, -0.25) is 0 Å². The van der Waals surface area contributed by atoms with Crippen molar-refractivity contribution in [2.75, 3.05) is 28.4 Å². The molecule has 0 aromatic carbocycles. The van der Waals surface area contributed by atoms with Crippen molar-refractivity contribution in [3.8, 4) is 0 Å². The van der Waals surface area contributed by atoms with Gasteiger partial charge in [0.15, 0.2) is 0 Å². The topological polar surface area (TPSA) is 36.9 Å². The number of methoxy groups -OCH3 is 4. The number of hydrogen-bond donors (Lipinski definition) is 0. The van der Waals surface area contributed by atoms with Crippen LogP contribution in [-0.4, -0.2) is 50.8 Å². The SMILES string of the molecule is CCC(OC)C(OC)C(C[C](=[W])OC)OC. The number of ether oxygens (including phenoxy) is 4. The van der Waals surface area contributed by atoms with E-state index in [-0.39, 0.29) is 18.3 Å². The minimum atomic E-state index is -0.0653. The molecule has 0 bridgehead atoms. The fourth-order valence-corrected chi connectivity index (χ4v) is 2.25. The molecule has 3 atom stereocenters. The molecule has 0 heterocycles. The van der Waals surface area contributed by atoms with Crippen molar-refractivity contribution in [2.45, 2.75) is 38.1 Å². The van der Waals surface area contributed by atoms with Crippen LogP contribution in [0.4, 0.5) is 0 Å². The fraction of sp³-hybridized carbons (Fsp3) is 0.909. The van der Waals surface area contributed by atoms with Gasteiger partial charge in [-0.05, 0) is 0 Å². The molecule has 0 aliphatic heterocycles. The molecule has 0 radical (unpaired) electrons. The van der Waals surface area contributed by atoms with Gasteiger partial charge in [-0.2, -0.15) is 0 Å². The van der Waals surface area contributed by atoms with E-state index >= 15 is 0 Å². The van der Waals surface area contributed by atoms with Crippen LogP contribution < -0.4 is 0 Å². The Balaban J connectivity index is 4.53. The molecule has 0 spiro atoms. The van der Waals surface area contributed by atoms with E-state index in [0.29, 0.717) is 0 Å². The first-order valence-electron chi connectivity index (χ1n) is 5.29. The Hall–Kier alpha value is 0.398. The molecule has 0 aromatic rings. The molecule has 0 amide bonds. The molecule has 0 saturated carbocycles. The van der Waals surface area contributed by atoms with Crippen molar-refractivity contribution in [2.24, 2.45) is 0 Å². The summed E-state index contributed by atoms with van der Waals surface area (Å²) in [7, 11) is 6.76. The second-order valence-electron chi connectivity index (χ2n) is 3.44. The van der Waals surface area contributed by atoms with Gasteiger partial charge < -0.3 is 0 Å². The number of hydrogen-bond acceptors (Lipinski definition) is 4. The first kappa shape index (κ1) is 16.4. The summed E-state index contributed by atoms with van der Waals surface area (Å²) in [6.45, 7) is 2.07. The van der Waals surface area contributed by atoms with E-state index in [0.717, 1.165) is 16.9 Å². The number of rotatable bonds is 9. The Labute approximate surface area is 109 Å². The van der Waals surface area contributed by atoms with Crippen molar-refractivity contribution in [3.05, 3.63) is 0 Å². The quantitative estimate of drug-likeness (QED) is 0.580. The van der Waals surface area contributed by atoms with Gasteiger partial charge >= 0.3 is 109 Å². The molecule has 16 heavy (non-hydrogen) atoms. The van der Waals surface area contributed by atoms with Crippen LogP contribution in [0.5, 0.6) is 0 Å². The van der Waals surface area contributed by atoms with Gasteiger partial charge in [0.05, 0.1) is 0 Å². The minimum absolute atomic E-state index is 0.0256. The molecule has 4 nitrogen and oxygen atoms in total. The Morgan fingerprint density at radius 2 is 1.56 bits per heavy atom. The summed E-state index contributed by atoms with van der Waals surface area (Å²) >= 11 is 1.32. The van der Waals surface area contributed by atoms with E-state index in [4.69, 9.17) is 18.9 Å². The van der Waals surface area contributed by atoms with Gasteiger partial charge in [-0.15, -0.1) is 0 Å². The van der Waals surface area contributed by atoms with E-state index < -0.39 is 0 Å². The van der Waals surface area contributed by atoms with Crippen LogP contribution in [0.3, 0.4) is 0 Å². The van der Waals surface area contributed by atoms with E-state index in [9.17, 15) is 0 Å². The van der Waals surface area contributed by atoms with E-state index in [2.05, 4.69) is 6.92 Å². The second kappa shape index (κ2) is 9.43. The zero-order valence-electron chi connectivity index (χ0n) is 10.7. The molecular formula is C11H22O4W. The van der Waals surface area contributed by atoms with Crippen LogP contribution in [0.1, 0.15) is 19.8 Å². The molecule has 0 saturated heterocycles. The Morgan fingerprint density at radius 1 is 1.00 bits per heavy atom. The molecule has 0 aliphatic carbocycles. The van der Waals surface area contributed by atoms with Gasteiger partial charge in [0.2, 0.25) is 0 Å². The Bertz CT molecular complexity index is 194. The molecule has 0 N–H and O–H groups in total. The molecule has 0 rings (SSSR count). The predicted molar refractivity (Wildman–Crippen MR) is 59.3 cm³/mol. The van der Waals surface area contributed by atoms with Gasteiger partial charge in [0, 0.05) is 0 Å². The standard InChI is InChI=1S/C11H22O4.W/c1-6-9(13-3)11(15-5)10(14-4)7-8-12-2;/h9-11H,6-7H2,1-5H3;. The van der Waals surface area contributed by atoms with Crippen LogP contribution in [0.15, 0.2) is 0 Å². The van der Waals surface area contributed by atoms with Gasteiger partial charge in [0.1, 0.15) is 0 Å². The van der Waals surface area contributed by atoms with E-state index in [1.54, 1.807) is 28.4 Å². The third kappa shape index (κ3) is 5.15. The maximum atomic E-state index is 5.48. The van der Waals surface area contributed by atoms with E-state index in [1.807, 2.05) is 0 Å². The van der Waals surface area contributed by atoms with Gasteiger partial charge in [0.25, 0.3) is 0 Å². The van der Waals surface area contributed by atoms with Crippen LogP contribution >= 0.6 is 0 Å². The third-order valence-electron chi connectivity index (χ3n) is 2.61. The van der Waals surface area contributed by atoms with Crippen molar-refractivity contribution >= 4 is 4.08 Å². The van der Waals surface area contributed by atoms with Gasteiger partial charge in [-0.1, -0.05) is 0 Å². The Kier molecular flexibility index (Phi) is 9.67. The van der Waals surface area contributed by atoms with Crippen LogP contribution in [0, 0.1) is 0 Å². The molecule has 0 aromatic heterocycles. The average Bonchev–Trinajstić information content (AvgIpc) is 2.33. The Morgan fingerprint density at radius 3 is 1.88 bits per heavy atom. The summed E-state index contributed by atoms with van der Waals surface area (Å²) in [5.74, 6) is 0. The van der Waals surface area contributed by atoms with Crippen molar-refractivity contribution in [1.82, 2.24) is 0 Å². The second-order valence-corrected chi connectivity index (χ2v) is 5.07. The van der Waals surface area contributed by atoms with Crippen LogP contribution in [0.2, 0.25) is 0 Å². The zero-order chi connectivity index (χ0) is 12.6. The monoisotopic (exact) mass is 402 g/mol. The fourth-order valence-electron chi connectivity index (χ4n) is 1.66. The van der Waals surface area contributed by atoms with E-state index in [1.165, 1.54) is 19.4 Å². The normalized spacial score (nSPS) is 16.8. The summed E-state index contributed by atoms with van der Waals surface area (Å²) in [5.41, 5.74) is 0. The van der Waals surface area contributed by atoms with Crippen LogP contribution in [-0.2, 0) is 38.3 Å². The van der Waals surface area contributed by atoms with Crippen molar-refractivity contribution < 1.29 is 38.3 Å². The van der Waals surface area contributed by atoms with Crippen LogP contribution in [0.25, 0.3) is 0 Å².